The Morgan fingerprint density at radius 1 is 1.21 bits per heavy atom. The molecule has 6 nitrogen and oxygen atoms in total. The number of hydrogen-bond donors (Lipinski definition) is 1. The van der Waals surface area contributed by atoms with Crippen molar-refractivity contribution in [3.63, 3.8) is 0 Å². The number of rotatable bonds is 6. The van der Waals surface area contributed by atoms with Crippen LogP contribution in [0.5, 0.6) is 5.75 Å². The van der Waals surface area contributed by atoms with Crippen molar-refractivity contribution in [2.24, 2.45) is 0 Å². The fourth-order valence-electron chi connectivity index (χ4n) is 3.48. The summed E-state index contributed by atoms with van der Waals surface area (Å²) in [7, 11) is -2.08. The van der Waals surface area contributed by atoms with E-state index < -0.39 is 15.9 Å². The number of amides is 1. The minimum Gasteiger partial charge on any atom is -0.497 e. The summed E-state index contributed by atoms with van der Waals surface area (Å²) >= 11 is 11.9. The molecule has 0 fully saturated rings. The van der Waals surface area contributed by atoms with Crippen LogP contribution in [0.25, 0.3) is 0 Å². The average Bonchev–Trinajstić information content (AvgIpc) is 2.67. The average molecular weight is 457 g/mol. The van der Waals surface area contributed by atoms with Crippen molar-refractivity contribution >= 4 is 44.8 Å². The number of anilines is 1. The topological polar surface area (TPSA) is 75.7 Å². The van der Waals surface area contributed by atoms with Crippen molar-refractivity contribution in [2.45, 2.75) is 25.3 Å². The second kappa shape index (κ2) is 8.81. The number of methoxy groups -OCH3 is 1. The number of nitrogens with zero attached hydrogens (tertiary/aromatic N) is 1. The van der Waals surface area contributed by atoms with E-state index in [-0.39, 0.29) is 23.3 Å². The van der Waals surface area contributed by atoms with Crippen molar-refractivity contribution in [3.8, 4) is 5.75 Å². The molecule has 9 heteroatoms. The van der Waals surface area contributed by atoms with Crippen LogP contribution in [0.2, 0.25) is 10.0 Å². The van der Waals surface area contributed by atoms with Gasteiger partial charge in [0.2, 0.25) is 15.9 Å². The van der Waals surface area contributed by atoms with Gasteiger partial charge in [-0.15, -0.1) is 0 Å². The lowest BCUT2D eigenvalue weighted by molar-refractivity contribution is -0.120. The van der Waals surface area contributed by atoms with Crippen LogP contribution in [0.4, 0.5) is 5.69 Å². The molecule has 1 unspecified atom stereocenters. The Morgan fingerprint density at radius 3 is 2.62 bits per heavy atom. The normalized spacial score (nSPS) is 16.1. The van der Waals surface area contributed by atoms with Gasteiger partial charge in [-0.3, -0.25) is 9.10 Å². The van der Waals surface area contributed by atoms with Crippen LogP contribution >= 0.6 is 23.2 Å². The highest BCUT2D eigenvalue weighted by atomic mass is 35.5. The Kier molecular flexibility index (Phi) is 6.61. The van der Waals surface area contributed by atoms with Crippen molar-refractivity contribution in [1.82, 2.24) is 5.32 Å². The van der Waals surface area contributed by atoms with E-state index in [0.29, 0.717) is 5.02 Å². The first-order valence-electron chi connectivity index (χ1n) is 9.08. The molecule has 0 heterocycles. The molecular weight excluding hydrogens is 435 g/mol. The fraction of sp³-hybridized carbons (Fsp3) is 0.350. The van der Waals surface area contributed by atoms with Gasteiger partial charge in [-0.1, -0.05) is 29.3 Å². The number of sulfonamides is 1. The van der Waals surface area contributed by atoms with Crippen molar-refractivity contribution < 1.29 is 17.9 Å². The highest BCUT2D eigenvalue weighted by molar-refractivity contribution is 7.92. The highest BCUT2D eigenvalue weighted by Gasteiger charge is 2.26. The van der Waals surface area contributed by atoms with E-state index in [1.165, 1.54) is 18.2 Å². The van der Waals surface area contributed by atoms with Gasteiger partial charge >= 0.3 is 0 Å². The summed E-state index contributed by atoms with van der Waals surface area (Å²) in [6, 6.07) is 10.1. The van der Waals surface area contributed by atoms with Crippen LogP contribution < -0.4 is 14.4 Å². The second-order valence-corrected chi connectivity index (χ2v) is 9.67. The van der Waals surface area contributed by atoms with Crippen molar-refractivity contribution in [3.05, 3.63) is 57.6 Å². The van der Waals surface area contributed by atoms with E-state index in [4.69, 9.17) is 27.9 Å². The maximum absolute atomic E-state index is 12.7. The molecule has 1 atom stereocenters. The highest BCUT2D eigenvalue weighted by Crippen LogP contribution is 2.32. The number of carbonyl (C=O) groups excluding carboxylic acids is 1. The summed E-state index contributed by atoms with van der Waals surface area (Å²) in [5, 5.41) is 3.49. The summed E-state index contributed by atoms with van der Waals surface area (Å²) in [4.78, 5) is 12.7. The molecule has 3 rings (SSSR count). The molecule has 1 N–H and O–H groups in total. The molecule has 2 aromatic rings. The van der Waals surface area contributed by atoms with E-state index in [2.05, 4.69) is 5.32 Å². The third kappa shape index (κ3) is 5.15. The molecule has 1 amide bonds. The monoisotopic (exact) mass is 456 g/mol. The molecule has 0 saturated carbocycles. The Morgan fingerprint density at radius 2 is 1.97 bits per heavy atom. The van der Waals surface area contributed by atoms with Gasteiger partial charge < -0.3 is 10.1 Å². The number of fused-ring (bicyclic) bond motifs is 1. The molecule has 0 aliphatic heterocycles. The van der Waals surface area contributed by atoms with Gasteiger partial charge in [-0.2, -0.15) is 0 Å². The number of nitrogens with one attached hydrogen (secondary N) is 1. The number of benzene rings is 2. The number of hydrogen-bond acceptors (Lipinski definition) is 4. The third-order valence-corrected chi connectivity index (χ3v) is 6.76. The number of aryl methyl sites for hydroxylation is 1. The molecule has 0 spiro atoms. The molecule has 1 aliphatic carbocycles. The van der Waals surface area contributed by atoms with Gasteiger partial charge in [-0.25, -0.2) is 8.42 Å². The second-order valence-electron chi connectivity index (χ2n) is 6.95. The first kappa shape index (κ1) is 21.7. The van der Waals surface area contributed by atoms with Crippen LogP contribution in [0, 0.1) is 0 Å². The molecule has 29 heavy (non-hydrogen) atoms. The van der Waals surface area contributed by atoms with Crippen LogP contribution in [0.15, 0.2) is 36.4 Å². The Hall–Kier alpha value is -1.96. The zero-order valence-corrected chi connectivity index (χ0v) is 18.4. The van der Waals surface area contributed by atoms with Crippen LogP contribution in [0.1, 0.15) is 30.0 Å². The third-order valence-electron chi connectivity index (χ3n) is 4.88. The Balaban J connectivity index is 1.79. The van der Waals surface area contributed by atoms with Crippen molar-refractivity contribution in [1.29, 1.82) is 0 Å². The molecule has 2 aromatic carbocycles. The Bertz CT molecular complexity index is 1030. The van der Waals surface area contributed by atoms with Crippen molar-refractivity contribution in [2.75, 3.05) is 24.2 Å². The molecule has 1 aliphatic rings. The summed E-state index contributed by atoms with van der Waals surface area (Å²) < 4.78 is 30.9. The minimum atomic E-state index is -3.70. The lowest BCUT2D eigenvalue weighted by Crippen LogP contribution is -2.42. The van der Waals surface area contributed by atoms with Crippen LogP contribution in [0.3, 0.4) is 0 Å². The Labute approximate surface area is 180 Å². The van der Waals surface area contributed by atoms with E-state index in [1.807, 2.05) is 18.2 Å². The number of halogens is 2. The van der Waals surface area contributed by atoms with E-state index >= 15 is 0 Å². The summed E-state index contributed by atoms with van der Waals surface area (Å²) in [5.74, 6) is 0.383. The maximum Gasteiger partial charge on any atom is 0.241 e. The SMILES string of the molecule is COc1ccc2c(c1)CCCC2NC(=O)CN(c1ccc(Cl)c(Cl)c1)S(C)(=O)=O. The maximum atomic E-state index is 12.7. The molecule has 0 radical (unpaired) electrons. The summed E-state index contributed by atoms with van der Waals surface area (Å²) in [5.41, 5.74) is 2.45. The molecule has 156 valence electrons. The van der Waals surface area contributed by atoms with E-state index in [0.717, 1.165) is 46.7 Å². The first-order valence-corrected chi connectivity index (χ1v) is 11.7. The molecular formula is C20H22Cl2N2O4S. The quantitative estimate of drug-likeness (QED) is 0.713. The standard InChI is InChI=1S/C20H22Cl2N2O4S/c1-28-15-7-8-16-13(10-15)4-3-5-19(16)23-20(25)12-24(29(2,26)27)14-6-9-17(21)18(22)11-14/h6-11,19H,3-5,12H2,1-2H3,(H,23,25). The number of carbonyl (C=O) groups is 1. The van der Waals surface area contributed by atoms with Gasteiger partial charge in [0.25, 0.3) is 0 Å². The van der Waals surface area contributed by atoms with Gasteiger partial charge in [0.05, 0.1) is 35.1 Å². The smallest absolute Gasteiger partial charge is 0.241 e. The lowest BCUT2D eigenvalue weighted by Gasteiger charge is -2.28. The summed E-state index contributed by atoms with van der Waals surface area (Å²) in [6.07, 6.45) is 3.67. The van der Waals surface area contributed by atoms with E-state index in [1.54, 1.807) is 7.11 Å². The fourth-order valence-corrected chi connectivity index (χ4v) is 4.62. The van der Waals surface area contributed by atoms with Crippen LogP contribution in [-0.4, -0.2) is 34.2 Å². The molecule has 0 saturated heterocycles. The van der Waals surface area contributed by atoms with Gasteiger partial charge in [0.1, 0.15) is 12.3 Å². The molecule has 0 bridgehead atoms. The zero-order valence-electron chi connectivity index (χ0n) is 16.1. The first-order chi connectivity index (χ1) is 13.7. The van der Waals surface area contributed by atoms with Crippen LogP contribution in [-0.2, 0) is 21.2 Å². The largest absolute Gasteiger partial charge is 0.497 e. The van der Waals surface area contributed by atoms with Gasteiger partial charge in [-0.05, 0) is 60.7 Å². The predicted molar refractivity (Wildman–Crippen MR) is 115 cm³/mol. The zero-order chi connectivity index (χ0) is 21.2. The molecule has 0 aromatic heterocycles. The minimum absolute atomic E-state index is 0.174. The van der Waals surface area contributed by atoms with E-state index in [9.17, 15) is 13.2 Å². The predicted octanol–water partition coefficient (Wildman–Crippen LogP) is 3.96. The number of ether oxygens (including phenoxy) is 1. The van der Waals surface area contributed by atoms with Gasteiger partial charge in [0, 0.05) is 0 Å². The van der Waals surface area contributed by atoms with Gasteiger partial charge in [0.15, 0.2) is 0 Å². The lowest BCUT2D eigenvalue weighted by atomic mass is 9.87. The summed E-state index contributed by atoms with van der Waals surface area (Å²) in [6.45, 7) is -0.348.